The van der Waals surface area contributed by atoms with Gasteiger partial charge in [0.05, 0.1) is 5.97 Å². The second kappa shape index (κ2) is 4.79. The molecule has 1 aromatic carbocycles. The quantitative estimate of drug-likeness (QED) is 0.903. The van der Waals surface area contributed by atoms with E-state index in [1.807, 2.05) is 0 Å². The monoisotopic (exact) mass is 282 g/mol. The van der Waals surface area contributed by atoms with Crippen molar-refractivity contribution in [1.29, 1.82) is 0 Å². The summed E-state index contributed by atoms with van der Waals surface area (Å²) in [5, 5.41) is 12.2. The number of carbonyl (C=O) groups is 1. The van der Waals surface area contributed by atoms with Crippen molar-refractivity contribution in [3.63, 3.8) is 0 Å². The topological polar surface area (TPSA) is 86.3 Å². The number of nitrogens with one attached hydrogen (secondary N) is 1. The molecule has 0 fully saturated rings. The minimum Gasteiger partial charge on any atom is -0.545 e. The van der Waals surface area contributed by atoms with Crippen LogP contribution in [0.5, 0.6) is 0 Å². The van der Waals surface area contributed by atoms with Gasteiger partial charge in [-0.25, -0.2) is 8.42 Å². The van der Waals surface area contributed by atoms with Gasteiger partial charge < -0.3 is 9.90 Å². The number of carboxylic acid groups (broad SMARTS) is 1. The van der Waals surface area contributed by atoms with Crippen LogP contribution < -0.4 is 9.83 Å². The summed E-state index contributed by atoms with van der Waals surface area (Å²) in [6.45, 7) is 0. The Bertz CT molecular complexity index is 645. The van der Waals surface area contributed by atoms with Crippen molar-refractivity contribution in [2.45, 2.75) is 4.21 Å². The highest BCUT2D eigenvalue weighted by atomic mass is 32.2. The van der Waals surface area contributed by atoms with E-state index in [0.29, 0.717) is 5.69 Å². The van der Waals surface area contributed by atoms with E-state index in [1.165, 1.54) is 30.3 Å². The van der Waals surface area contributed by atoms with Crippen LogP contribution in [0.3, 0.4) is 0 Å². The second-order valence-corrected chi connectivity index (χ2v) is 6.26. The van der Waals surface area contributed by atoms with Gasteiger partial charge in [0.15, 0.2) is 0 Å². The van der Waals surface area contributed by atoms with E-state index >= 15 is 0 Å². The molecule has 0 bridgehead atoms. The Labute approximate surface area is 108 Å². The van der Waals surface area contributed by atoms with E-state index in [2.05, 4.69) is 4.72 Å². The van der Waals surface area contributed by atoms with E-state index in [9.17, 15) is 18.3 Å². The van der Waals surface area contributed by atoms with Crippen molar-refractivity contribution < 1.29 is 18.3 Å². The van der Waals surface area contributed by atoms with Crippen LogP contribution in [-0.2, 0) is 10.0 Å². The van der Waals surface area contributed by atoms with Gasteiger partial charge in [0.2, 0.25) is 0 Å². The van der Waals surface area contributed by atoms with Crippen LogP contribution in [0, 0.1) is 0 Å². The number of thiophene rings is 1. The zero-order valence-corrected chi connectivity index (χ0v) is 10.6. The van der Waals surface area contributed by atoms with Crippen molar-refractivity contribution in [3.8, 4) is 0 Å². The zero-order valence-electron chi connectivity index (χ0n) is 8.99. The maximum atomic E-state index is 11.9. The van der Waals surface area contributed by atoms with Crippen molar-refractivity contribution in [2.75, 3.05) is 4.72 Å². The first-order valence-electron chi connectivity index (χ1n) is 4.87. The lowest BCUT2D eigenvalue weighted by Gasteiger charge is -2.07. The van der Waals surface area contributed by atoms with Crippen LogP contribution >= 0.6 is 11.3 Å². The zero-order chi connectivity index (χ0) is 13.2. The Balaban J connectivity index is 2.22. The molecule has 0 spiro atoms. The molecule has 0 aliphatic carbocycles. The summed E-state index contributed by atoms with van der Waals surface area (Å²) in [6, 6.07) is 8.43. The fourth-order valence-electron chi connectivity index (χ4n) is 1.30. The third-order valence-corrected chi connectivity index (χ3v) is 4.91. The van der Waals surface area contributed by atoms with Crippen LogP contribution in [0.4, 0.5) is 5.69 Å². The maximum Gasteiger partial charge on any atom is 0.271 e. The van der Waals surface area contributed by atoms with Crippen LogP contribution in [-0.4, -0.2) is 14.4 Å². The third kappa shape index (κ3) is 2.69. The Hall–Kier alpha value is -1.86. The van der Waals surface area contributed by atoms with E-state index in [4.69, 9.17) is 0 Å². The molecule has 1 aromatic heterocycles. The first-order valence-corrected chi connectivity index (χ1v) is 7.23. The number of carboxylic acids is 1. The average Bonchev–Trinajstić information content (AvgIpc) is 2.83. The molecule has 2 rings (SSSR count). The number of rotatable bonds is 4. The summed E-state index contributed by atoms with van der Waals surface area (Å²) >= 11 is 1.10. The van der Waals surface area contributed by atoms with Crippen molar-refractivity contribution >= 4 is 33.0 Å². The maximum absolute atomic E-state index is 11.9. The molecule has 0 aliphatic heterocycles. The lowest BCUT2D eigenvalue weighted by Crippen LogP contribution is -2.22. The molecule has 94 valence electrons. The van der Waals surface area contributed by atoms with Gasteiger partial charge in [0.1, 0.15) is 4.21 Å². The normalized spacial score (nSPS) is 11.1. The molecule has 18 heavy (non-hydrogen) atoms. The van der Waals surface area contributed by atoms with Gasteiger partial charge in [-0.05, 0) is 29.1 Å². The van der Waals surface area contributed by atoms with Crippen LogP contribution in [0.25, 0.3) is 0 Å². The number of aromatic carboxylic acids is 1. The van der Waals surface area contributed by atoms with Gasteiger partial charge in [0, 0.05) is 5.69 Å². The van der Waals surface area contributed by atoms with Crippen LogP contribution in [0.2, 0.25) is 0 Å². The molecule has 0 saturated heterocycles. The number of hydrogen-bond acceptors (Lipinski definition) is 5. The first-order chi connectivity index (χ1) is 8.49. The minimum atomic E-state index is -3.60. The number of benzene rings is 1. The lowest BCUT2D eigenvalue weighted by molar-refractivity contribution is -0.255. The highest BCUT2D eigenvalue weighted by Gasteiger charge is 2.14. The Kier molecular flexibility index (Phi) is 3.35. The molecule has 2 aromatic rings. The summed E-state index contributed by atoms with van der Waals surface area (Å²) in [5.41, 5.74) is 0.294. The summed E-state index contributed by atoms with van der Waals surface area (Å²) in [5.74, 6) is -1.30. The van der Waals surface area contributed by atoms with E-state index in [-0.39, 0.29) is 9.77 Å². The fourth-order valence-corrected chi connectivity index (χ4v) is 3.35. The van der Waals surface area contributed by atoms with E-state index < -0.39 is 16.0 Å². The fraction of sp³-hybridized carbons (Fsp3) is 0. The third-order valence-electron chi connectivity index (χ3n) is 2.13. The molecule has 0 saturated carbocycles. The number of carbonyl (C=O) groups excluding carboxylic acids is 1. The SMILES string of the molecule is O=C([O-])c1ccc(NS(=O)(=O)c2cccs2)cc1. The molecule has 0 atom stereocenters. The van der Waals surface area contributed by atoms with E-state index in [0.717, 1.165) is 11.3 Å². The molecular weight excluding hydrogens is 274 g/mol. The van der Waals surface area contributed by atoms with Gasteiger partial charge in [0.25, 0.3) is 10.0 Å². The van der Waals surface area contributed by atoms with Gasteiger partial charge in [-0.1, -0.05) is 18.2 Å². The molecule has 0 radical (unpaired) electrons. The minimum absolute atomic E-state index is 0.00549. The first kappa shape index (κ1) is 12.6. The standard InChI is InChI=1S/C11H9NO4S2/c13-11(14)8-3-5-9(6-4-8)12-18(15,16)10-2-1-7-17-10/h1-7,12H,(H,13,14)/p-1. The highest BCUT2D eigenvalue weighted by Crippen LogP contribution is 2.20. The molecule has 7 heteroatoms. The van der Waals surface area contributed by atoms with Crippen LogP contribution in [0.15, 0.2) is 46.0 Å². The average molecular weight is 282 g/mol. The molecule has 1 N–H and O–H groups in total. The molecule has 1 heterocycles. The van der Waals surface area contributed by atoms with Crippen molar-refractivity contribution in [2.24, 2.45) is 0 Å². The van der Waals surface area contributed by atoms with Crippen LogP contribution in [0.1, 0.15) is 10.4 Å². The summed E-state index contributed by atoms with van der Waals surface area (Å²) < 4.78 is 26.3. The summed E-state index contributed by atoms with van der Waals surface area (Å²) in [6.07, 6.45) is 0. The Morgan fingerprint density at radius 2 is 1.83 bits per heavy atom. The summed E-state index contributed by atoms with van der Waals surface area (Å²) in [4.78, 5) is 10.5. The Morgan fingerprint density at radius 3 is 2.33 bits per heavy atom. The molecule has 0 aliphatic rings. The lowest BCUT2D eigenvalue weighted by atomic mass is 10.2. The molecule has 0 unspecified atom stereocenters. The van der Waals surface area contributed by atoms with Gasteiger partial charge in [-0.15, -0.1) is 11.3 Å². The van der Waals surface area contributed by atoms with Crippen molar-refractivity contribution in [3.05, 3.63) is 47.3 Å². The molecule has 0 amide bonds. The smallest absolute Gasteiger partial charge is 0.271 e. The van der Waals surface area contributed by atoms with Gasteiger partial charge >= 0.3 is 0 Å². The van der Waals surface area contributed by atoms with E-state index in [1.54, 1.807) is 11.4 Å². The number of sulfonamides is 1. The van der Waals surface area contributed by atoms with Gasteiger partial charge in [-0.3, -0.25) is 4.72 Å². The molecule has 5 nitrogen and oxygen atoms in total. The predicted octanol–water partition coefficient (Wildman–Crippen LogP) is 0.912. The molecular formula is C11H8NO4S2-. The summed E-state index contributed by atoms with van der Waals surface area (Å²) in [7, 11) is -3.60. The van der Waals surface area contributed by atoms with Crippen molar-refractivity contribution in [1.82, 2.24) is 0 Å². The van der Waals surface area contributed by atoms with Gasteiger partial charge in [-0.2, -0.15) is 0 Å². The largest absolute Gasteiger partial charge is 0.545 e. The highest BCUT2D eigenvalue weighted by molar-refractivity contribution is 7.94. The second-order valence-electron chi connectivity index (χ2n) is 3.40. The predicted molar refractivity (Wildman–Crippen MR) is 65.9 cm³/mol. The Morgan fingerprint density at radius 1 is 1.17 bits per heavy atom. The number of anilines is 1. The number of hydrogen-bond donors (Lipinski definition) is 1.